The number of rotatable bonds is 4. The van der Waals surface area contributed by atoms with E-state index in [-0.39, 0.29) is 24.3 Å². The number of aliphatic hydroxyl groups is 1. The highest BCUT2D eigenvalue weighted by atomic mass is 35.5. The number of aryl methyl sites for hydroxylation is 2. The normalized spacial score (nSPS) is 39.6. The Morgan fingerprint density at radius 3 is 2.47 bits per heavy atom. The zero-order chi connectivity index (χ0) is 36.4. The number of aliphatic hydroxyl groups excluding tert-OH is 1. The van der Waals surface area contributed by atoms with Gasteiger partial charge in [0.2, 0.25) is 0 Å². The SMILES string of the molecule is CC1CCC2(OC1)OC1CC3C4CCC5CC(O)CCC5(C)C4=CCC3(C)C1C2C.CN(C)CCCN1c2ccccc2CCc2ccc(Cl)cc21.Cl. The molecule has 11 unspecified atom stereocenters. The van der Waals surface area contributed by atoms with Crippen molar-refractivity contribution in [2.24, 2.45) is 46.3 Å². The molecule has 9 rings (SSSR count). The van der Waals surface area contributed by atoms with Gasteiger partial charge in [-0.15, -0.1) is 12.4 Å². The van der Waals surface area contributed by atoms with Crippen molar-refractivity contribution in [3.8, 4) is 0 Å². The van der Waals surface area contributed by atoms with Crippen molar-refractivity contribution in [1.29, 1.82) is 0 Å². The van der Waals surface area contributed by atoms with Gasteiger partial charge in [-0.05, 0) is 161 Å². The van der Waals surface area contributed by atoms with Gasteiger partial charge in [-0.1, -0.05) is 75.2 Å². The zero-order valence-electron chi connectivity index (χ0n) is 33.3. The number of anilines is 2. The molecule has 4 aliphatic carbocycles. The summed E-state index contributed by atoms with van der Waals surface area (Å²) in [6.07, 6.45) is 16.9. The van der Waals surface area contributed by atoms with Gasteiger partial charge in [-0.25, -0.2) is 0 Å². The number of benzene rings is 2. The van der Waals surface area contributed by atoms with Crippen LogP contribution in [0.2, 0.25) is 5.02 Å². The lowest BCUT2D eigenvalue weighted by atomic mass is 9.48. The largest absolute Gasteiger partial charge is 0.393 e. The van der Waals surface area contributed by atoms with Gasteiger partial charge < -0.3 is 24.4 Å². The lowest BCUT2D eigenvalue weighted by molar-refractivity contribution is -0.272. The Morgan fingerprint density at radius 2 is 1.72 bits per heavy atom. The third-order valence-electron chi connectivity index (χ3n) is 15.5. The van der Waals surface area contributed by atoms with E-state index in [0.29, 0.717) is 40.6 Å². The van der Waals surface area contributed by atoms with E-state index < -0.39 is 0 Å². The van der Waals surface area contributed by atoms with Gasteiger partial charge in [0.05, 0.1) is 18.8 Å². The van der Waals surface area contributed by atoms with E-state index in [1.54, 1.807) is 5.57 Å². The van der Waals surface area contributed by atoms with Gasteiger partial charge >= 0.3 is 0 Å². The molecule has 0 amide bonds. The monoisotopic (exact) mass is 764 g/mol. The molecule has 0 radical (unpaired) electrons. The zero-order valence-corrected chi connectivity index (χ0v) is 34.9. The summed E-state index contributed by atoms with van der Waals surface area (Å²) in [5, 5.41) is 11.1. The molecule has 3 saturated carbocycles. The highest BCUT2D eigenvalue weighted by Crippen LogP contribution is 2.70. The summed E-state index contributed by atoms with van der Waals surface area (Å²) in [6.45, 7) is 12.8. The van der Waals surface area contributed by atoms with Gasteiger partial charge in [0.25, 0.3) is 0 Å². The smallest absolute Gasteiger partial charge is 0.171 e. The van der Waals surface area contributed by atoms with Crippen molar-refractivity contribution < 1.29 is 14.6 Å². The van der Waals surface area contributed by atoms with Crippen molar-refractivity contribution in [3.05, 3.63) is 70.3 Å². The topological polar surface area (TPSA) is 45.2 Å². The van der Waals surface area contributed by atoms with Gasteiger partial charge in [0, 0.05) is 35.3 Å². The molecule has 2 saturated heterocycles. The third kappa shape index (κ3) is 7.05. The average Bonchev–Trinajstić information content (AvgIpc) is 3.50. The molecule has 1 spiro atoms. The molecule has 3 aliphatic heterocycles. The van der Waals surface area contributed by atoms with Crippen molar-refractivity contribution in [3.63, 3.8) is 0 Å². The van der Waals surface area contributed by atoms with Crippen LogP contribution in [0, 0.1) is 46.3 Å². The van der Waals surface area contributed by atoms with Crippen molar-refractivity contribution in [2.75, 3.05) is 38.7 Å². The Bertz CT molecular complexity index is 1640. The number of hydrogen-bond acceptors (Lipinski definition) is 5. The molecule has 11 atom stereocenters. The molecule has 7 heteroatoms. The van der Waals surface area contributed by atoms with E-state index in [1.807, 2.05) is 6.07 Å². The van der Waals surface area contributed by atoms with E-state index in [2.05, 4.69) is 94.1 Å². The molecule has 53 heavy (non-hydrogen) atoms. The number of hydrogen-bond donors (Lipinski definition) is 1. The van der Waals surface area contributed by atoms with E-state index in [0.717, 1.165) is 75.1 Å². The quantitative estimate of drug-likeness (QED) is 0.314. The second-order valence-electron chi connectivity index (χ2n) is 18.9. The summed E-state index contributed by atoms with van der Waals surface area (Å²) in [5.74, 6) is 3.68. The molecule has 5 nitrogen and oxygen atoms in total. The molecule has 1 N–H and O–H groups in total. The standard InChI is InChI=1S/C27H42O3.C19H23ClN2.ClH/c1-16-7-12-27(29-15-16)17(2)24-23(30-27)14-22-20-6-5-18-13-19(28)8-10-25(18,3)21(20)9-11-26(22,24)4;1-21(2)12-5-13-22-18-7-4-3-6-15(18)8-9-16-10-11-17(20)14-19(16)22;/h9,16-20,22-24,28H,5-8,10-15H2,1-4H3;3-4,6-7,10-11,14H,5,8-9,12-13H2,1-2H3;1H. The molecule has 0 bridgehead atoms. The van der Waals surface area contributed by atoms with Gasteiger partial charge in [-0.3, -0.25) is 0 Å². The van der Waals surface area contributed by atoms with E-state index in [4.69, 9.17) is 21.1 Å². The fraction of sp³-hybridized carbons (Fsp3) is 0.696. The molecule has 7 aliphatic rings. The van der Waals surface area contributed by atoms with Crippen LogP contribution in [-0.2, 0) is 22.3 Å². The highest BCUT2D eigenvalue weighted by Gasteiger charge is 2.67. The lowest BCUT2D eigenvalue weighted by Gasteiger charge is -2.57. The number of ether oxygens (including phenoxy) is 2. The lowest BCUT2D eigenvalue weighted by Crippen LogP contribution is -2.50. The summed E-state index contributed by atoms with van der Waals surface area (Å²) < 4.78 is 13.3. The van der Waals surface area contributed by atoms with Crippen LogP contribution in [0.15, 0.2) is 54.1 Å². The molecule has 2 aromatic carbocycles. The van der Waals surface area contributed by atoms with Crippen molar-refractivity contribution in [1.82, 2.24) is 4.90 Å². The first-order valence-corrected chi connectivity index (χ1v) is 21.3. The summed E-state index contributed by atoms with van der Waals surface area (Å²) in [5.41, 5.74) is 7.89. The molecule has 292 valence electrons. The second-order valence-corrected chi connectivity index (χ2v) is 19.3. The number of allylic oxidation sites excluding steroid dienone is 2. The number of para-hydroxylation sites is 1. The first-order chi connectivity index (χ1) is 24.9. The van der Waals surface area contributed by atoms with Crippen LogP contribution in [0.3, 0.4) is 0 Å². The van der Waals surface area contributed by atoms with Crippen LogP contribution in [0.1, 0.15) is 103 Å². The Kier molecular flexibility index (Phi) is 11.5. The molecular formula is C46H66Cl2N2O3. The Hall–Kier alpha value is -1.60. The fourth-order valence-electron chi connectivity index (χ4n) is 12.7. The Balaban J connectivity index is 0.000000169. The number of nitrogens with zero attached hydrogens (tertiary/aromatic N) is 2. The van der Waals surface area contributed by atoms with Crippen molar-refractivity contribution >= 4 is 35.4 Å². The third-order valence-corrected chi connectivity index (χ3v) is 15.8. The minimum atomic E-state index is -0.303. The average molecular weight is 766 g/mol. The predicted molar refractivity (Wildman–Crippen MR) is 220 cm³/mol. The number of halogens is 2. The van der Waals surface area contributed by atoms with E-state index in [1.165, 1.54) is 61.0 Å². The maximum atomic E-state index is 10.3. The predicted octanol–water partition coefficient (Wildman–Crippen LogP) is 10.7. The first kappa shape index (κ1) is 39.6. The van der Waals surface area contributed by atoms with E-state index in [9.17, 15) is 5.11 Å². The second kappa shape index (κ2) is 15.4. The molecule has 0 aromatic heterocycles. The minimum absolute atomic E-state index is 0. The van der Waals surface area contributed by atoms with Crippen molar-refractivity contribution in [2.45, 2.75) is 123 Å². The van der Waals surface area contributed by atoms with Crippen LogP contribution in [0.4, 0.5) is 11.4 Å². The van der Waals surface area contributed by atoms with Gasteiger partial charge in [0.15, 0.2) is 5.79 Å². The van der Waals surface area contributed by atoms with Crippen LogP contribution in [-0.4, -0.2) is 61.8 Å². The molecule has 5 fully saturated rings. The Morgan fingerprint density at radius 1 is 0.943 bits per heavy atom. The maximum absolute atomic E-state index is 10.3. The first-order valence-electron chi connectivity index (χ1n) is 20.9. The summed E-state index contributed by atoms with van der Waals surface area (Å²) in [4.78, 5) is 4.69. The fourth-order valence-corrected chi connectivity index (χ4v) is 12.9. The molecule has 2 aromatic rings. The minimum Gasteiger partial charge on any atom is -0.393 e. The Labute approximate surface area is 331 Å². The van der Waals surface area contributed by atoms with Crippen LogP contribution >= 0.6 is 24.0 Å². The number of fused-ring (bicyclic) bond motifs is 9. The molecular weight excluding hydrogens is 699 g/mol. The van der Waals surface area contributed by atoms with Crippen LogP contribution in [0.5, 0.6) is 0 Å². The summed E-state index contributed by atoms with van der Waals surface area (Å²) in [6, 6.07) is 15.1. The van der Waals surface area contributed by atoms with E-state index >= 15 is 0 Å². The van der Waals surface area contributed by atoms with Gasteiger partial charge in [-0.2, -0.15) is 0 Å². The summed E-state index contributed by atoms with van der Waals surface area (Å²) >= 11 is 6.27. The van der Waals surface area contributed by atoms with Crippen LogP contribution in [0.25, 0.3) is 0 Å². The summed E-state index contributed by atoms with van der Waals surface area (Å²) in [7, 11) is 4.25. The van der Waals surface area contributed by atoms with Gasteiger partial charge in [0.1, 0.15) is 0 Å². The maximum Gasteiger partial charge on any atom is 0.171 e. The highest BCUT2D eigenvalue weighted by molar-refractivity contribution is 6.30. The van der Waals surface area contributed by atoms with Crippen LogP contribution < -0.4 is 4.90 Å². The molecule has 3 heterocycles.